The van der Waals surface area contributed by atoms with Gasteiger partial charge in [0.15, 0.2) is 5.78 Å². The zero-order valence-electron chi connectivity index (χ0n) is 11.8. The summed E-state index contributed by atoms with van der Waals surface area (Å²) in [4.78, 5) is 12.7. The minimum atomic E-state index is -0.608. The first-order valence-electron chi connectivity index (χ1n) is 7.07. The average Bonchev–Trinajstić information content (AvgIpc) is 2.40. The second kappa shape index (κ2) is 5.57. The van der Waals surface area contributed by atoms with Gasteiger partial charge in [-0.3, -0.25) is 4.79 Å². The summed E-state index contributed by atoms with van der Waals surface area (Å²) in [6.07, 6.45) is 5.28. The van der Waals surface area contributed by atoms with Crippen molar-refractivity contribution in [2.45, 2.75) is 51.9 Å². The molecule has 0 saturated heterocycles. The van der Waals surface area contributed by atoms with Crippen LogP contribution in [-0.2, 0) is 4.79 Å². The van der Waals surface area contributed by atoms with E-state index < -0.39 is 5.92 Å². The van der Waals surface area contributed by atoms with Crippen LogP contribution in [-0.4, -0.2) is 5.78 Å². The summed E-state index contributed by atoms with van der Waals surface area (Å²) in [6.45, 7) is 4.03. The lowest BCUT2D eigenvalue weighted by Gasteiger charge is -2.33. The number of hydrogen-bond acceptors (Lipinski definition) is 2. The third kappa shape index (κ3) is 2.87. The third-order valence-corrected chi connectivity index (χ3v) is 4.32. The lowest BCUT2D eigenvalue weighted by Crippen LogP contribution is -2.34. The largest absolute Gasteiger partial charge is 0.297 e. The van der Waals surface area contributed by atoms with E-state index in [0.29, 0.717) is 0 Å². The van der Waals surface area contributed by atoms with Gasteiger partial charge in [0, 0.05) is 5.41 Å². The van der Waals surface area contributed by atoms with Crippen molar-refractivity contribution >= 4 is 5.78 Å². The van der Waals surface area contributed by atoms with E-state index in [1.807, 2.05) is 38.1 Å². The Bertz CT molecular complexity index is 506. The molecule has 0 heterocycles. The Morgan fingerprint density at radius 1 is 1.32 bits per heavy atom. The molecule has 0 bridgehead atoms. The van der Waals surface area contributed by atoms with Crippen molar-refractivity contribution in [3.8, 4) is 6.07 Å². The Labute approximate surface area is 115 Å². The molecule has 1 fully saturated rings. The second-order valence-corrected chi connectivity index (χ2v) is 5.96. The Hall–Kier alpha value is -1.62. The molecule has 1 aromatic carbocycles. The molecule has 2 nitrogen and oxygen atoms in total. The summed E-state index contributed by atoms with van der Waals surface area (Å²) in [5.74, 6) is -0.497. The average molecular weight is 255 g/mol. The van der Waals surface area contributed by atoms with E-state index in [4.69, 9.17) is 0 Å². The van der Waals surface area contributed by atoms with E-state index in [0.717, 1.165) is 36.8 Å². The molecule has 0 N–H and O–H groups in total. The molecule has 1 saturated carbocycles. The lowest BCUT2D eigenvalue weighted by atomic mass is 9.68. The van der Waals surface area contributed by atoms with Crippen molar-refractivity contribution < 1.29 is 4.79 Å². The molecule has 1 aromatic rings. The van der Waals surface area contributed by atoms with Gasteiger partial charge >= 0.3 is 0 Å². The highest BCUT2D eigenvalue weighted by Gasteiger charge is 2.39. The van der Waals surface area contributed by atoms with Crippen molar-refractivity contribution in [3.05, 3.63) is 35.4 Å². The molecular weight excluding hydrogens is 234 g/mol. The Morgan fingerprint density at radius 3 is 2.58 bits per heavy atom. The molecule has 1 aliphatic carbocycles. The maximum atomic E-state index is 12.7. The van der Waals surface area contributed by atoms with E-state index in [-0.39, 0.29) is 11.2 Å². The smallest absolute Gasteiger partial charge is 0.160 e. The molecule has 0 radical (unpaired) electrons. The zero-order valence-corrected chi connectivity index (χ0v) is 11.8. The first-order chi connectivity index (χ1) is 9.07. The molecule has 2 rings (SSSR count). The summed E-state index contributed by atoms with van der Waals surface area (Å²) < 4.78 is 0. The number of nitrogens with zero attached hydrogens (tertiary/aromatic N) is 1. The van der Waals surface area contributed by atoms with Crippen molar-refractivity contribution in [2.24, 2.45) is 5.41 Å². The van der Waals surface area contributed by atoms with Gasteiger partial charge in [-0.25, -0.2) is 0 Å². The molecule has 1 atom stereocenters. The molecule has 2 heteroatoms. The molecule has 19 heavy (non-hydrogen) atoms. The number of nitriles is 1. The first kappa shape index (κ1) is 13.8. The number of carbonyl (C=O) groups excluding carboxylic acids is 1. The molecule has 1 unspecified atom stereocenters. The van der Waals surface area contributed by atoms with Gasteiger partial charge in [0.1, 0.15) is 5.92 Å². The Balaban J connectivity index is 2.27. The topological polar surface area (TPSA) is 40.9 Å². The van der Waals surface area contributed by atoms with Crippen LogP contribution in [0.2, 0.25) is 0 Å². The van der Waals surface area contributed by atoms with E-state index in [9.17, 15) is 10.1 Å². The predicted molar refractivity (Wildman–Crippen MR) is 75.7 cm³/mol. The minimum Gasteiger partial charge on any atom is -0.297 e. The van der Waals surface area contributed by atoms with Crippen molar-refractivity contribution in [2.75, 3.05) is 0 Å². The lowest BCUT2D eigenvalue weighted by molar-refractivity contribution is -0.129. The van der Waals surface area contributed by atoms with Gasteiger partial charge in [-0.1, -0.05) is 56.0 Å². The van der Waals surface area contributed by atoms with Crippen LogP contribution in [0, 0.1) is 23.7 Å². The summed E-state index contributed by atoms with van der Waals surface area (Å²) in [7, 11) is 0. The molecule has 1 aliphatic rings. The highest BCUT2D eigenvalue weighted by molar-refractivity contribution is 5.93. The standard InChI is InChI=1S/C17H21NO/c1-13-7-6-8-14(11-13)15(12-18)16(19)17(2)9-4-3-5-10-17/h6-8,11,15H,3-5,9-10H2,1-2H3. The molecule has 0 aromatic heterocycles. The van der Waals surface area contributed by atoms with Gasteiger partial charge in [0.25, 0.3) is 0 Å². The summed E-state index contributed by atoms with van der Waals surface area (Å²) in [5, 5.41) is 9.42. The highest BCUT2D eigenvalue weighted by atomic mass is 16.1. The molecule has 100 valence electrons. The summed E-state index contributed by atoms with van der Waals surface area (Å²) in [6, 6.07) is 9.98. The molecular formula is C17H21NO. The second-order valence-electron chi connectivity index (χ2n) is 5.96. The van der Waals surface area contributed by atoms with Gasteiger partial charge in [0.2, 0.25) is 0 Å². The molecule has 0 spiro atoms. The number of benzene rings is 1. The van der Waals surface area contributed by atoms with Crippen LogP contribution in [0.3, 0.4) is 0 Å². The van der Waals surface area contributed by atoms with Gasteiger partial charge < -0.3 is 0 Å². The number of rotatable bonds is 3. The zero-order chi connectivity index (χ0) is 13.9. The SMILES string of the molecule is Cc1cccc(C(C#N)C(=O)C2(C)CCCCC2)c1. The van der Waals surface area contributed by atoms with Gasteiger partial charge in [-0.2, -0.15) is 5.26 Å². The van der Waals surface area contributed by atoms with Crippen molar-refractivity contribution in [1.29, 1.82) is 5.26 Å². The van der Waals surface area contributed by atoms with Crippen LogP contribution in [0.1, 0.15) is 56.1 Å². The van der Waals surface area contributed by atoms with Gasteiger partial charge in [-0.15, -0.1) is 0 Å². The van der Waals surface area contributed by atoms with E-state index in [2.05, 4.69) is 6.07 Å². The normalized spacial score (nSPS) is 19.4. The van der Waals surface area contributed by atoms with Crippen LogP contribution in [0.5, 0.6) is 0 Å². The number of hydrogen-bond donors (Lipinski definition) is 0. The number of aryl methyl sites for hydroxylation is 1. The van der Waals surface area contributed by atoms with Gasteiger partial charge in [0.05, 0.1) is 6.07 Å². The van der Waals surface area contributed by atoms with Crippen molar-refractivity contribution in [3.63, 3.8) is 0 Å². The summed E-state index contributed by atoms with van der Waals surface area (Å²) in [5.41, 5.74) is 1.64. The maximum absolute atomic E-state index is 12.7. The fourth-order valence-corrected chi connectivity index (χ4v) is 3.06. The number of carbonyl (C=O) groups is 1. The van der Waals surface area contributed by atoms with Crippen LogP contribution < -0.4 is 0 Å². The molecule has 0 amide bonds. The maximum Gasteiger partial charge on any atom is 0.160 e. The van der Waals surface area contributed by atoms with Crippen LogP contribution >= 0.6 is 0 Å². The first-order valence-corrected chi connectivity index (χ1v) is 7.07. The van der Waals surface area contributed by atoms with Crippen molar-refractivity contribution in [1.82, 2.24) is 0 Å². The van der Waals surface area contributed by atoms with Crippen LogP contribution in [0.15, 0.2) is 24.3 Å². The van der Waals surface area contributed by atoms with Gasteiger partial charge in [-0.05, 0) is 25.3 Å². The van der Waals surface area contributed by atoms with Crippen LogP contribution in [0.25, 0.3) is 0 Å². The van der Waals surface area contributed by atoms with E-state index in [1.54, 1.807) is 0 Å². The fraction of sp³-hybridized carbons (Fsp3) is 0.529. The minimum absolute atomic E-state index is 0.111. The monoisotopic (exact) mass is 255 g/mol. The van der Waals surface area contributed by atoms with E-state index >= 15 is 0 Å². The predicted octanol–water partition coefficient (Wildman–Crippen LogP) is 4.14. The number of Topliss-reactive ketones (excluding diaryl/α,β-unsaturated/α-hetero) is 1. The summed E-state index contributed by atoms with van der Waals surface area (Å²) >= 11 is 0. The fourth-order valence-electron chi connectivity index (χ4n) is 3.06. The Morgan fingerprint density at radius 2 is 2.00 bits per heavy atom. The number of ketones is 1. The highest BCUT2D eigenvalue weighted by Crippen LogP contribution is 2.40. The Kier molecular flexibility index (Phi) is 4.04. The van der Waals surface area contributed by atoms with E-state index in [1.165, 1.54) is 6.42 Å². The quantitative estimate of drug-likeness (QED) is 0.814. The van der Waals surface area contributed by atoms with Crippen LogP contribution in [0.4, 0.5) is 0 Å². The molecule has 0 aliphatic heterocycles. The third-order valence-electron chi connectivity index (χ3n) is 4.32.